The summed E-state index contributed by atoms with van der Waals surface area (Å²) in [5.41, 5.74) is 0. The minimum Gasteiger partial charge on any atom is -0.485 e. The monoisotopic (exact) mass is 132 g/mol. The molecule has 1 atom stereocenters. The minimum atomic E-state index is -0.412. The van der Waals surface area contributed by atoms with Crippen LogP contribution in [0.3, 0.4) is 0 Å². The Kier molecular flexibility index (Phi) is 1.22. The van der Waals surface area contributed by atoms with Crippen LogP contribution in [0.15, 0.2) is 0 Å². The third-order valence-electron chi connectivity index (χ3n) is 0.827. The van der Waals surface area contributed by atoms with E-state index in [1.54, 1.807) is 0 Å². The Morgan fingerprint density at radius 3 is 2.38 bits per heavy atom. The summed E-state index contributed by atoms with van der Waals surface area (Å²) in [7, 11) is 0. The highest BCUT2D eigenvalue weighted by Crippen LogP contribution is 1.67. The zero-order valence-electron chi connectivity index (χ0n) is 3.93. The SMILES string of the molecule is O=C1C[NH+]([S-])C(=O)N1. The van der Waals surface area contributed by atoms with Gasteiger partial charge in [0.1, 0.15) is 6.54 Å². The van der Waals surface area contributed by atoms with Crippen molar-refractivity contribution in [2.75, 3.05) is 6.54 Å². The molecule has 0 radical (unpaired) electrons. The number of nitrogens with one attached hydrogen (secondary N) is 2. The van der Waals surface area contributed by atoms with Gasteiger partial charge in [-0.2, -0.15) is 0 Å². The van der Waals surface area contributed by atoms with Crippen molar-refractivity contribution in [3.8, 4) is 0 Å². The lowest BCUT2D eigenvalue weighted by Gasteiger charge is -2.06. The summed E-state index contributed by atoms with van der Waals surface area (Å²) in [6, 6.07) is -0.412. The third-order valence-corrected chi connectivity index (χ3v) is 1.16. The maximum absolute atomic E-state index is 10.3. The van der Waals surface area contributed by atoms with E-state index in [-0.39, 0.29) is 16.8 Å². The molecule has 0 aromatic heterocycles. The predicted octanol–water partition coefficient (Wildman–Crippen LogP) is -2.42. The van der Waals surface area contributed by atoms with Gasteiger partial charge >= 0.3 is 6.03 Å². The number of imide groups is 1. The van der Waals surface area contributed by atoms with Crippen LogP contribution in [0.4, 0.5) is 4.79 Å². The van der Waals surface area contributed by atoms with E-state index in [2.05, 4.69) is 12.8 Å². The summed E-state index contributed by atoms with van der Waals surface area (Å²) in [6.45, 7) is 0.0914. The van der Waals surface area contributed by atoms with Gasteiger partial charge in [-0.15, -0.1) is 0 Å². The number of amides is 3. The van der Waals surface area contributed by atoms with Gasteiger partial charge in [-0.05, 0) is 0 Å². The van der Waals surface area contributed by atoms with Gasteiger partial charge in [-0.1, -0.05) is 0 Å². The van der Waals surface area contributed by atoms with Crippen LogP contribution in [0, 0.1) is 0 Å². The summed E-state index contributed by atoms with van der Waals surface area (Å²) in [4.78, 5) is 20.6. The molecule has 1 aliphatic heterocycles. The van der Waals surface area contributed by atoms with Crippen LogP contribution in [-0.4, -0.2) is 18.5 Å². The van der Waals surface area contributed by atoms with Crippen molar-refractivity contribution in [3.05, 3.63) is 0 Å². The van der Waals surface area contributed by atoms with Crippen molar-refractivity contribution in [2.24, 2.45) is 0 Å². The minimum absolute atomic E-state index is 0.0914. The number of rotatable bonds is 0. The standard InChI is InChI=1S/C3H4N2O2S/c6-2-1-5(8)3(7)4-2/h5H,1H2,(H,4,6,7). The molecule has 0 spiro atoms. The topological polar surface area (TPSA) is 50.6 Å². The van der Waals surface area contributed by atoms with E-state index in [1.807, 2.05) is 5.32 Å². The lowest BCUT2D eigenvalue weighted by atomic mass is 10.7. The first kappa shape index (κ1) is 5.58. The van der Waals surface area contributed by atoms with Gasteiger partial charge in [0.05, 0.1) is 0 Å². The number of quaternary nitrogens is 1. The molecule has 0 saturated carbocycles. The molecule has 0 aromatic rings. The number of hydrogen-bond acceptors (Lipinski definition) is 3. The second-order valence-electron chi connectivity index (χ2n) is 1.48. The molecule has 1 rings (SSSR count). The second kappa shape index (κ2) is 1.75. The first-order chi connectivity index (χ1) is 3.70. The van der Waals surface area contributed by atoms with Crippen LogP contribution in [0.25, 0.3) is 0 Å². The number of urea groups is 1. The average Bonchev–Trinajstić information content (AvgIpc) is 1.85. The molecule has 1 saturated heterocycles. The molecule has 1 unspecified atom stereocenters. The van der Waals surface area contributed by atoms with Crippen molar-refractivity contribution in [1.82, 2.24) is 5.32 Å². The Hall–Kier alpha value is -0.550. The van der Waals surface area contributed by atoms with Gasteiger partial charge in [0.25, 0.3) is 5.91 Å². The highest BCUT2D eigenvalue weighted by atomic mass is 32.1. The van der Waals surface area contributed by atoms with Crippen molar-refractivity contribution in [1.29, 1.82) is 0 Å². The first-order valence-electron chi connectivity index (χ1n) is 2.07. The lowest BCUT2D eigenvalue weighted by molar-refractivity contribution is -0.639. The molecule has 0 aromatic carbocycles. The Morgan fingerprint density at radius 2 is 2.25 bits per heavy atom. The summed E-state index contributed by atoms with van der Waals surface area (Å²) in [5.74, 6) is -0.292. The molecular formula is C3H4N2O2S. The molecule has 5 heteroatoms. The van der Waals surface area contributed by atoms with Gasteiger partial charge in [-0.25, -0.2) is 10.1 Å². The molecule has 1 aliphatic rings. The number of carbonyl (C=O) groups excluding carboxylic acids is 2. The molecule has 8 heavy (non-hydrogen) atoms. The quantitative estimate of drug-likeness (QED) is 0.285. The van der Waals surface area contributed by atoms with E-state index < -0.39 is 6.03 Å². The van der Waals surface area contributed by atoms with E-state index >= 15 is 0 Å². The van der Waals surface area contributed by atoms with Crippen LogP contribution >= 0.6 is 0 Å². The molecule has 3 amide bonds. The van der Waals surface area contributed by atoms with Crippen LogP contribution in [0.2, 0.25) is 0 Å². The third kappa shape index (κ3) is 0.823. The molecule has 1 fully saturated rings. The van der Waals surface area contributed by atoms with E-state index in [0.29, 0.717) is 0 Å². The molecule has 2 N–H and O–H groups in total. The zero-order valence-corrected chi connectivity index (χ0v) is 4.75. The van der Waals surface area contributed by atoms with Gasteiger partial charge in [0.2, 0.25) is 0 Å². The molecule has 0 aliphatic carbocycles. The molecule has 1 heterocycles. The molecular weight excluding hydrogens is 128 g/mol. The lowest BCUT2D eigenvalue weighted by Crippen LogP contribution is -3.08. The maximum Gasteiger partial charge on any atom is 0.404 e. The highest BCUT2D eigenvalue weighted by Gasteiger charge is 2.23. The summed E-state index contributed by atoms with van der Waals surface area (Å²) < 4.78 is 0.190. The van der Waals surface area contributed by atoms with Crippen molar-refractivity contribution in [3.63, 3.8) is 0 Å². The van der Waals surface area contributed by atoms with Gasteiger partial charge < -0.3 is 17.1 Å². The summed E-state index contributed by atoms with van der Waals surface area (Å²) in [5, 5.41) is 2.05. The van der Waals surface area contributed by atoms with Crippen LogP contribution < -0.4 is 9.62 Å². The van der Waals surface area contributed by atoms with Crippen molar-refractivity contribution in [2.45, 2.75) is 0 Å². The predicted molar refractivity (Wildman–Crippen MR) is 26.7 cm³/mol. The largest absolute Gasteiger partial charge is 0.485 e. The Labute approximate surface area is 51.4 Å². The Balaban J connectivity index is 2.64. The van der Waals surface area contributed by atoms with Crippen LogP contribution in [0.5, 0.6) is 0 Å². The van der Waals surface area contributed by atoms with E-state index in [4.69, 9.17) is 0 Å². The van der Waals surface area contributed by atoms with Crippen LogP contribution in [0.1, 0.15) is 0 Å². The molecule has 0 bridgehead atoms. The first-order valence-corrected chi connectivity index (χ1v) is 2.48. The smallest absolute Gasteiger partial charge is 0.404 e. The average molecular weight is 132 g/mol. The van der Waals surface area contributed by atoms with Crippen molar-refractivity contribution < 1.29 is 13.9 Å². The van der Waals surface area contributed by atoms with Gasteiger partial charge in [-0.3, -0.25) is 4.79 Å². The fourth-order valence-corrected chi connectivity index (χ4v) is 0.649. The fourth-order valence-electron chi connectivity index (χ4n) is 0.467. The van der Waals surface area contributed by atoms with Crippen LogP contribution in [-0.2, 0) is 17.6 Å². The van der Waals surface area contributed by atoms with E-state index in [0.717, 1.165) is 0 Å². The Morgan fingerprint density at radius 1 is 1.62 bits per heavy atom. The van der Waals surface area contributed by atoms with E-state index in [9.17, 15) is 9.59 Å². The normalized spacial score (nSPS) is 28.4. The number of carbonyl (C=O) groups is 2. The molecule has 4 nitrogen and oxygen atoms in total. The van der Waals surface area contributed by atoms with E-state index in [1.165, 1.54) is 0 Å². The zero-order chi connectivity index (χ0) is 6.15. The number of hydrogen-bond donors (Lipinski definition) is 2. The summed E-state index contributed by atoms with van der Waals surface area (Å²) in [6.07, 6.45) is 0. The second-order valence-corrected chi connectivity index (χ2v) is 1.97. The molecule has 44 valence electrons. The van der Waals surface area contributed by atoms with Gasteiger partial charge in [0.15, 0.2) is 0 Å². The maximum atomic E-state index is 10.3. The van der Waals surface area contributed by atoms with Crippen molar-refractivity contribution >= 4 is 24.8 Å². The highest BCUT2D eigenvalue weighted by molar-refractivity contribution is 7.51. The Bertz CT molecular complexity index is 146. The summed E-state index contributed by atoms with van der Waals surface area (Å²) >= 11 is 4.49. The fraction of sp³-hybridized carbons (Fsp3) is 0.333. The van der Waals surface area contributed by atoms with Gasteiger partial charge in [0, 0.05) is 0 Å².